The van der Waals surface area contributed by atoms with E-state index in [4.69, 9.17) is 4.74 Å². The van der Waals surface area contributed by atoms with E-state index in [-0.39, 0.29) is 12.1 Å². The lowest BCUT2D eigenvalue weighted by Crippen LogP contribution is -2.49. The number of nitriles is 1. The normalized spacial score (nSPS) is 19.9. The van der Waals surface area contributed by atoms with E-state index in [1.807, 2.05) is 42.5 Å². The van der Waals surface area contributed by atoms with Gasteiger partial charge in [-0.3, -0.25) is 0 Å². The molecule has 148 valence electrons. The van der Waals surface area contributed by atoms with Gasteiger partial charge in [-0.1, -0.05) is 36.8 Å². The Morgan fingerprint density at radius 2 is 1.75 bits per heavy atom. The second kappa shape index (κ2) is 8.76. The molecule has 2 aromatic rings. The van der Waals surface area contributed by atoms with E-state index in [1.165, 1.54) is 0 Å². The molecule has 0 amide bonds. The van der Waals surface area contributed by atoms with E-state index in [9.17, 15) is 13.7 Å². The van der Waals surface area contributed by atoms with Crippen molar-refractivity contribution in [2.24, 2.45) is 0 Å². The highest BCUT2D eigenvalue weighted by Gasteiger charge is 2.31. The van der Waals surface area contributed by atoms with Crippen molar-refractivity contribution >= 4 is 10.0 Å². The van der Waals surface area contributed by atoms with Crippen molar-refractivity contribution in [3.63, 3.8) is 0 Å². The van der Waals surface area contributed by atoms with Crippen LogP contribution in [-0.4, -0.2) is 25.8 Å². The zero-order chi connectivity index (χ0) is 20.1. The molecular weight excluding hydrogens is 372 g/mol. The van der Waals surface area contributed by atoms with Gasteiger partial charge in [0.2, 0.25) is 10.0 Å². The lowest BCUT2D eigenvalue weighted by molar-refractivity contribution is 0.124. The van der Waals surface area contributed by atoms with Gasteiger partial charge < -0.3 is 4.74 Å². The first kappa shape index (κ1) is 20.4. The first-order valence-corrected chi connectivity index (χ1v) is 11.2. The molecule has 1 fully saturated rings. The second-order valence-corrected chi connectivity index (χ2v) is 9.71. The summed E-state index contributed by atoms with van der Waals surface area (Å²) in [6, 6.07) is 17.1. The number of hydrogen-bond acceptors (Lipinski definition) is 4. The van der Waals surface area contributed by atoms with Crippen molar-refractivity contribution < 1.29 is 13.2 Å². The number of ether oxygens (including phenoxy) is 1. The molecule has 0 aliphatic heterocycles. The molecule has 5 nitrogen and oxygen atoms in total. The van der Waals surface area contributed by atoms with Crippen LogP contribution in [0.2, 0.25) is 0 Å². The molecule has 1 N–H and O–H groups in total. The number of rotatable bonds is 6. The fourth-order valence-electron chi connectivity index (χ4n) is 3.44. The molecule has 2 aromatic carbocycles. The monoisotopic (exact) mass is 398 g/mol. The largest absolute Gasteiger partial charge is 0.489 e. The summed E-state index contributed by atoms with van der Waals surface area (Å²) in [5, 5.41) is 8.82. The van der Waals surface area contributed by atoms with Crippen molar-refractivity contribution in [1.82, 2.24) is 4.72 Å². The zero-order valence-corrected chi connectivity index (χ0v) is 17.1. The van der Waals surface area contributed by atoms with Crippen LogP contribution in [0.1, 0.15) is 45.1 Å². The summed E-state index contributed by atoms with van der Waals surface area (Å²) in [7, 11) is -3.33. The van der Waals surface area contributed by atoms with Crippen LogP contribution in [-0.2, 0) is 10.0 Å². The zero-order valence-electron chi connectivity index (χ0n) is 16.3. The summed E-state index contributed by atoms with van der Waals surface area (Å²) in [5.74, 6) is 0.707. The van der Waals surface area contributed by atoms with Gasteiger partial charge in [0, 0.05) is 0 Å². The molecule has 0 saturated heterocycles. The molecule has 1 aliphatic rings. The lowest BCUT2D eigenvalue weighted by atomic mass is 9.93. The highest BCUT2D eigenvalue weighted by molar-refractivity contribution is 7.90. The Morgan fingerprint density at radius 3 is 2.43 bits per heavy atom. The van der Waals surface area contributed by atoms with E-state index < -0.39 is 15.3 Å². The minimum atomic E-state index is -3.33. The van der Waals surface area contributed by atoms with Crippen molar-refractivity contribution in [2.45, 2.75) is 56.9 Å². The average Bonchev–Trinajstić information content (AvgIpc) is 2.70. The molecule has 28 heavy (non-hydrogen) atoms. The predicted octanol–water partition coefficient (Wildman–Crippen LogP) is 4.24. The summed E-state index contributed by atoms with van der Waals surface area (Å²) in [5.41, 5.74) is 2.47. The Bertz CT molecular complexity index is 946. The van der Waals surface area contributed by atoms with Crippen LogP contribution in [0.25, 0.3) is 11.1 Å². The molecule has 1 saturated carbocycles. The molecule has 0 spiro atoms. The molecular formula is C22H26N2O3S. The third kappa shape index (κ3) is 4.73. The number of benzene rings is 2. The molecule has 0 radical (unpaired) electrons. The first-order valence-electron chi connectivity index (χ1n) is 9.68. The number of sulfonamides is 1. The van der Waals surface area contributed by atoms with Crippen LogP contribution in [0, 0.1) is 11.3 Å². The summed E-state index contributed by atoms with van der Waals surface area (Å²) in [6.07, 6.45) is 3.45. The maximum absolute atomic E-state index is 12.3. The van der Waals surface area contributed by atoms with Crippen molar-refractivity contribution in [1.29, 1.82) is 5.26 Å². The molecule has 0 bridgehead atoms. The Kier molecular flexibility index (Phi) is 6.38. The summed E-state index contributed by atoms with van der Waals surface area (Å²) in [6.45, 7) is 3.36. The van der Waals surface area contributed by atoms with E-state index in [1.54, 1.807) is 19.9 Å². The van der Waals surface area contributed by atoms with Gasteiger partial charge in [-0.25, -0.2) is 13.1 Å². The van der Waals surface area contributed by atoms with Gasteiger partial charge in [0.25, 0.3) is 0 Å². The highest BCUT2D eigenvalue weighted by Crippen LogP contribution is 2.28. The number of nitrogens with one attached hydrogen (secondary N) is 1. The molecule has 1 aliphatic carbocycles. The molecule has 2 atom stereocenters. The predicted molar refractivity (Wildman–Crippen MR) is 110 cm³/mol. The van der Waals surface area contributed by atoms with Crippen LogP contribution >= 0.6 is 0 Å². The van der Waals surface area contributed by atoms with Gasteiger partial charge in [-0.15, -0.1) is 0 Å². The molecule has 0 heterocycles. The average molecular weight is 399 g/mol. The van der Waals surface area contributed by atoms with Gasteiger partial charge in [-0.05, 0) is 62.4 Å². The number of nitrogens with zero attached hydrogens (tertiary/aromatic N) is 1. The SMILES string of the molecule is CC(C)S(=O)(=O)NC1CCCCC1Oc1ccc(-c2ccccc2C#N)cc1. The maximum Gasteiger partial charge on any atom is 0.214 e. The minimum absolute atomic E-state index is 0.181. The van der Waals surface area contributed by atoms with Crippen molar-refractivity contribution in [3.05, 3.63) is 54.1 Å². The van der Waals surface area contributed by atoms with Crippen LogP contribution < -0.4 is 9.46 Å². The van der Waals surface area contributed by atoms with E-state index in [2.05, 4.69) is 10.8 Å². The first-order chi connectivity index (χ1) is 13.4. The van der Waals surface area contributed by atoms with Crippen LogP contribution in [0.3, 0.4) is 0 Å². The lowest BCUT2D eigenvalue weighted by Gasteiger charge is -2.32. The number of hydrogen-bond donors (Lipinski definition) is 1. The summed E-state index contributed by atoms with van der Waals surface area (Å²) >= 11 is 0. The third-order valence-electron chi connectivity index (χ3n) is 5.14. The van der Waals surface area contributed by atoms with Crippen LogP contribution in [0.4, 0.5) is 0 Å². The smallest absolute Gasteiger partial charge is 0.214 e. The molecule has 3 rings (SSSR count). The Morgan fingerprint density at radius 1 is 1.07 bits per heavy atom. The third-order valence-corrected chi connectivity index (χ3v) is 7.01. The van der Waals surface area contributed by atoms with Crippen LogP contribution in [0.15, 0.2) is 48.5 Å². The van der Waals surface area contributed by atoms with E-state index in [0.29, 0.717) is 11.3 Å². The summed E-state index contributed by atoms with van der Waals surface area (Å²) in [4.78, 5) is 0. The minimum Gasteiger partial charge on any atom is -0.489 e. The van der Waals surface area contributed by atoms with Crippen molar-refractivity contribution in [2.75, 3.05) is 0 Å². The summed E-state index contributed by atoms with van der Waals surface area (Å²) < 4.78 is 33.5. The Hall–Kier alpha value is -2.36. The topological polar surface area (TPSA) is 79.2 Å². The van der Waals surface area contributed by atoms with E-state index >= 15 is 0 Å². The fourth-order valence-corrected chi connectivity index (χ4v) is 4.40. The highest BCUT2D eigenvalue weighted by atomic mass is 32.2. The molecule has 2 unspecified atom stereocenters. The van der Waals surface area contributed by atoms with Crippen molar-refractivity contribution in [3.8, 4) is 22.9 Å². The fraction of sp³-hybridized carbons (Fsp3) is 0.409. The van der Waals surface area contributed by atoms with Gasteiger partial charge in [-0.2, -0.15) is 5.26 Å². The quantitative estimate of drug-likeness (QED) is 0.789. The molecule has 0 aromatic heterocycles. The van der Waals surface area contributed by atoms with Gasteiger partial charge in [0.15, 0.2) is 0 Å². The van der Waals surface area contributed by atoms with Gasteiger partial charge in [0.1, 0.15) is 11.9 Å². The van der Waals surface area contributed by atoms with Gasteiger partial charge >= 0.3 is 0 Å². The second-order valence-electron chi connectivity index (χ2n) is 7.44. The maximum atomic E-state index is 12.3. The van der Waals surface area contributed by atoms with Gasteiger partial charge in [0.05, 0.1) is 22.9 Å². The van der Waals surface area contributed by atoms with E-state index in [0.717, 1.165) is 36.8 Å². The molecule has 6 heteroatoms. The van der Waals surface area contributed by atoms with Crippen LogP contribution in [0.5, 0.6) is 5.75 Å². The standard InChI is InChI=1S/C22H26N2O3S/c1-16(2)28(25,26)24-21-9-5-6-10-22(21)27-19-13-11-17(12-14-19)20-8-4-3-7-18(20)15-23/h3-4,7-8,11-14,16,21-22,24H,5-6,9-10H2,1-2H3. The Labute approximate surface area is 167 Å². The Balaban J connectivity index is 1.74.